The summed E-state index contributed by atoms with van der Waals surface area (Å²) in [6.07, 6.45) is 1.17. The van der Waals surface area contributed by atoms with E-state index in [1.54, 1.807) is 12.1 Å². The van der Waals surface area contributed by atoms with E-state index in [-0.39, 0.29) is 12.5 Å². The fourth-order valence-electron chi connectivity index (χ4n) is 4.14. The lowest BCUT2D eigenvalue weighted by Crippen LogP contribution is -2.55. The van der Waals surface area contributed by atoms with Crippen molar-refractivity contribution in [3.8, 4) is 11.5 Å². The van der Waals surface area contributed by atoms with Crippen molar-refractivity contribution in [1.29, 1.82) is 0 Å². The summed E-state index contributed by atoms with van der Waals surface area (Å²) >= 11 is 6.22. The number of benzene rings is 2. The van der Waals surface area contributed by atoms with E-state index in [2.05, 4.69) is 23.6 Å². The maximum absolute atomic E-state index is 11.6. The Morgan fingerprint density at radius 2 is 2.03 bits per heavy atom. The molecule has 2 aromatic carbocycles. The van der Waals surface area contributed by atoms with Crippen molar-refractivity contribution in [2.75, 3.05) is 26.2 Å². The van der Waals surface area contributed by atoms with Gasteiger partial charge >= 0.3 is 5.97 Å². The van der Waals surface area contributed by atoms with Crippen LogP contribution in [-0.4, -0.2) is 58.9 Å². The number of ether oxygens (including phenoxy) is 1. The second kappa shape index (κ2) is 9.28. The van der Waals surface area contributed by atoms with Gasteiger partial charge in [-0.1, -0.05) is 37.6 Å². The molecular formula is C24H28ClN3O3. The second-order valence-corrected chi connectivity index (χ2v) is 9.00. The highest BCUT2D eigenvalue weighted by Gasteiger charge is 2.32. The Balaban J connectivity index is 1.67. The van der Waals surface area contributed by atoms with Gasteiger partial charge in [0.25, 0.3) is 0 Å². The Hall–Kier alpha value is -2.57. The van der Waals surface area contributed by atoms with Crippen molar-refractivity contribution < 1.29 is 14.6 Å². The highest BCUT2D eigenvalue weighted by molar-refractivity contribution is 6.31. The Morgan fingerprint density at radius 3 is 2.81 bits per heavy atom. The molecule has 0 spiro atoms. The largest absolute Gasteiger partial charge is 0.481 e. The zero-order chi connectivity index (χ0) is 22.0. The zero-order valence-electron chi connectivity index (χ0n) is 17.9. The molecule has 1 fully saturated rings. The van der Waals surface area contributed by atoms with Crippen LogP contribution in [0, 0.1) is 5.92 Å². The summed E-state index contributed by atoms with van der Waals surface area (Å²) in [5.41, 5.74) is 1.58. The normalized spacial score (nSPS) is 18.6. The van der Waals surface area contributed by atoms with E-state index >= 15 is 0 Å². The van der Waals surface area contributed by atoms with Crippen molar-refractivity contribution in [3.05, 3.63) is 53.1 Å². The SMILES string of the molecule is CC(C)CCN1CCN(C2=Nc3cc(Cl)ccc3Oc3ccccc32)CC1CC(=O)O. The number of carboxylic acid groups (broad SMARTS) is 1. The van der Waals surface area contributed by atoms with Crippen LogP contribution in [0.1, 0.15) is 32.3 Å². The number of hydrogen-bond donors (Lipinski definition) is 1. The molecule has 0 bridgehead atoms. The van der Waals surface area contributed by atoms with Crippen molar-refractivity contribution in [2.24, 2.45) is 10.9 Å². The molecule has 0 radical (unpaired) electrons. The summed E-state index contributed by atoms with van der Waals surface area (Å²) in [6, 6.07) is 13.2. The smallest absolute Gasteiger partial charge is 0.305 e. The molecule has 7 heteroatoms. The highest BCUT2D eigenvalue weighted by atomic mass is 35.5. The number of fused-ring (bicyclic) bond motifs is 2. The summed E-state index contributed by atoms with van der Waals surface area (Å²) in [5, 5.41) is 10.1. The quantitative estimate of drug-likeness (QED) is 0.704. The van der Waals surface area contributed by atoms with E-state index in [4.69, 9.17) is 21.3 Å². The molecule has 4 rings (SSSR count). The molecule has 2 aliphatic rings. The van der Waals surface area contributed by atoms with Crippen LogP contribution in [0.25, 0.3) is 0 Å². The Bertz CT molecular complexity index is 992. The average Bonchev–Trinajstić information content (AvgIpc) is 2.89. The minimum atomic E-state index is -0.773. The first-order valence-electron chi connectivity index (χ1n) is 10.8. The van der Waals surface area contributed by atoms with Gasteiger partial charge in [0.15, 0.2) is 5.75 Å². The van der Waals surface area contributed by atoms with E-state index in [0.717, 1.165) is 43.2 Å². The Kier molecular flexibility index (Phi) is 6.49. The molecule has 1 unspecified atom stereocenters. The minimum absolute atomic E-state index is 0.0668. The van der Waals surface area contributed by atoms with Gasteiger partial charge in [-0.2, -0.15) is 0 Å². The van der Waals surface area contributed by atoms with Crippen LogP contribution >= 0.6 is 11.6 Å². The zero-order valence-corrected chi connectivity index (χ0v) is 18.7. The number of hydrogen-bond acceptors (Lipinski definition) is 5. The lowest BCUT2D eigenvalue weighted by Gasteiger charge is -2.42. The van der Waals surface area contributed by atoms with Crippen LogP contribution in [0.4, 0.5) is 5.69 Å². The molecule has 6 nitrogen and oxygen atoms in total. The fraction of sp³-hybridized carbons (Fsp3) is 0.417. The topological polar surface area (TPSA) is 65.4 Å². The van der Waals surface area contributed by atoms with E-state index in [0.29, 0.717) is 28.9 Å². The molecule has 31 heavy (non-hydrogen) atoms. The Labute approximate surface area is 188 Å². The van der Waals surface area contributed by atoms with Crippen LogP contribution in [0.15, 0.2) is 47.5 Å². The summed E-state index contributed by atoms with van der Waals surface area (Å²) in [7, 11) is 0. The predicted molar refractivity (Wildman–Crippen MR) is 123 cm³/mol. The third-order valence-electron chi connectivity index (χ3n) is 5.80. The molecule has 0 saturated carbocycles. The van der Waals surface area contributed by atoms with Crippen molar-refractivity contribution in [2.45, 2.75) is 32.7 Å². The van der Waals surface area contributed by atoms with Crippen LogP contribution in [0.2, 0.25) is 5.02 Å². The third-order valence-corrected chi connectivity index (χ3v) is 6.04. The van der Waals surface area contributed by atoms with Gasteiger partial charge in [-0.05, 0) is 49.2 Å². The number of carbonyl (C=O) groups is 1. The Morgan fingerprint density at radius 1 is 1.23 bits per heavy atom. The van der Waals surface area contributed by atoms with Gasteiger partial charge in [-0.15, -0.1) is 0 Å². The number of carboxylic acids is 1. The van der Waals surface area contributed by atoms with Crippen LogP contribution < -0.4 is 4.74 Å². The van der Waals surface area contributed by atoms with E-state index < -0.39 is 5.97 Å². The van der Waals surface area contributed by atoms with E-state index in [1.165, 1.54) is 0 Å². The molecule has 2 heterocycles. The second-order valence-electron chi connectivity index (χ2n) is 8.56. The van der Waals surface area contributed by atoms with Gasteiger partial charge in [0.1, 0.15) is 17.3 Å². The van der Waals surface area contributed by atoms with Crippen molar-refractivity contribution in [3.63, 3.8) is 0 Å². The number of para-hydroxylation sites is 1. The molecule has 2 aromatic rings. The molecule has 1 N–H and O–H groups in total. The summed E-state index contributed by atoms with van der Waals surface area (Å²) in [4.78, 5) is 21.0. The van der Waals surface area contributed by atoms with Crippen LogP contribution in [0.5, 0.6) is 11.5 Å². The maximum Gasteiger partial charge on any atom is 0.305 e. The van der Waals surface area contributed by atoms with Crippen molar-refractivity contribution >= 4 is 29.1 Å². The first-order valence-corrected chi connectivity index (χ1v) is 11.1. The number of amidine groups is 1. The summed E-state index contributed by atoms with van der Waals surface area (Å²) in [5.74, 6) is 2.00. The van der Waals surface area contributed by atoms with Gasteiger partial charge in [0.05, 0.1) is 12.0 Å². The number of rotatable bonds is 5. The highest BCUT2D eigenvalue weighted by Crippen LogP contribution is 2.39. The molecule has 0 amide bonds. The number of aliphatic imine (C=N–C) groups is 1. The van der Waals surface area contributed by atoms with Crippen molar-refractivity contribution in [1.82, 2.24) is 9.80 Å². The van der Waals surface area contributed by atoms with E-state index in [9.17, 15) is 9.90 Å². The molecule has 1 atom stereocenters. The minimum Gasteiger partial charge on any atom is -0.481 e. The summed E-state index contributed by atoms with van der Waals surface area (Å²) in [6.45, 7) is 7.48. The summed E-state index contributed by atoms with van der Waals surface area (Å²) < 4.78 is 6.15. The lowest BCUT2D eigenvalue weighted by molar-refractivity contribution is -0.138. The standard InChI is InChI=1S/C24H28ClN3O3/c1-16(2)9-10-27-11-12-28(15-18(27)14-23(29)30)24-19-5-3-4-6-21(19)31-22-8-7-17(25)13-20(22)26-24/h3-8,13,16,18H,9-12,14-15H2,1-2H3,(H,29,30). The van der Waals surface area contributed by atoms with Gasteiger partial charge in [0.2, 0.25) is 0 Å². The fourth-order valence-corrected chi connectivity index (χ4v) is 4.30. The first-order chi connectivity index (χ1) is 14.9. The molecule has 0 aliphatic carbocycles. The molecule has 164 valence electrons. The number of nitrogens with zero attached hydrogens (tertiary/aromatic N) is 3. The first kappa shape index (κ1) is 21.7. The van der Waals surface area contributed by atoms with E-state index in [1.807, 2.05) is 30.3 Å². The molecular weight excluding hydrogens is 414 g/mol. The van der Waals surface area contributed by atoms with Gasteiger partial charge in [-0.3, -0.25) is 9.69 Å². The molecule has 1 saturated heterocycles. The molecule has 2 aliphatic heterocycles. The maximum atomic E-state index is 11.6. The lowest BCUT2D eigenvalue weighted by atomic mass is 10.0. The average molecular weight is 442 g/mol. The monoisotopic (exact) mass is 441 g/mol. The van der Waals surface area contributed by atoms with Gasteiger partial charge < -0.3 is 14.7 Å². The van der Waals surface area contributed by atoms with Gasteiger partial charge in [-0.25, -0.2) is 4.99 Å². The number of piperazine rings is 1. The van der Waals surface area contributed by atoms with Crippen LogP contribution in [0.3, 0.4) is 0 Å². The predicted octanol–water partition coefficient (Wildman–Crippen LogP) is 5.03. The third kappa shape index (κ3) is 5.02. The van der Waals surface area contributed by atoms with Gasteiger partial charge in [0, 0.05) is 30.7 Å². The number of halogens is 1. The molecule has 0 aromatic heterocycles. The number of aliphatic carboxylic acids is 1. The van der Waals surface area contributed by atoms with Crippen LogP contribution in [-0.2, 0) is 4.79 Å².